The van der Waals surface area contributed by atoms with Gasteiger partial charge < -0.3 is 24.4 Å². The molecule has 2 aliphatic rings. The van der Waals surface area contributed by atoms with E-state index in [4.69, 9.17) is 18.4 Å². The molecule has 9 heteroatoms. The monoisotopic (exact) mass is 374 g/mol. The predicted octanol–water partition coefficient (Wildman–Crippen LogP) is 0.300. The summed E-state index contributed by atoms with van der Waals surface area (Å²) in [6.07, 6.45) is -3.17. The van der Waals surface area contributed by atoms with Gasteiger partial charge in [-0.1, -0.05) is 17.7 Å². The van der Waals surface area contributed by atoms with Crippen LogP contribution in [0.15, 0.2) is 29.2 Å². The summed E-state index contributed by atoms with van der Waals surface area (Å²) in [5.74, 6) is -2.57. The number of aliphatic hydroxyl groups is 2. The Morgan fingerprint density at radius 2 is 1.84 bits per heavy atom. The Balaban J connectivity index is 1.70. The van der Waals surface area contributed by atoms with Crippen LogP contribution in [0, 0.1) is 6.92 Å². The number of hydrogen-bond donors (Lipinski definition) is 2. The minimum Gasteiger partial charge on any atom is -0.391 e. The third kappa shape index (κ3) is 3.45. The molecule has 8 nitrogen and oxygen atoms in total. The van der Waals surface area contributed by atoms with Crippen LogP contribution in [0.1, 0.15) is 19.4 Å². The van der Waals surface area contributed by atoms with E-state index in [1.54, 1.807) is 26.0 Å². The number of aryl methyl sites for hydroxylation is 1. The van der Waals surface area contributed by atoms with Gasteiger partial charge in [-0.3, -0.25) is 4.18 Å². The summed E-state index contributed by atoms with van der Waals surface area (Å²) < 4.78 is 46.2. The zero-order valence-corrected chi connectivity index (χ0v) is 15.0. The average molecular weight is 374 g/mol. The van der Waals surface area contributed by atoms with Gasteiger partial charge in [0.25, 0.3) is 10.1 Å². The molecule has 0 amide bonds. The van der Waals surface area contributed by atoms with Gasteiger partial charge in [-0.2, -0.15) is 8.42 Å². The van der Waals surface area contributed by atoms with Crippen molar-refractivity contribution in [2.24, 2.45) is 0 Å². The molecule has 0 aliphatic carbocycles. The van der Waals surface area contributed by atoms with Gasteiger partial charge in [0.2, 0.25) is 5.79 Å². The third-order valence-electron chi connectivity index (χ3n) is 4.22. The van der Waals surface area contributed by atoms with Gasteiger partial charge in [-0.15, -0.1) is 0 Å². The molecule has 25 heavy (non-hydrogen) atoms. The molecule has 0 radical (unpaired) electrons. The zero-order chi connectivity index (χ0) is 18.5. The summed E-state index contributed by atoms with van der Waals surface area (Å²) >= 11 is 0. The highest BCUT2D eigenvalue weighted by Crippen LogP contribution is 2.45. The minimum absolute atomic E-state index is 0.0104. The van der Waals surface area contributed by atoms with Crippen LogP contribution in [0.5, 0.6) is 0 Å². The SMILES string of the molecule is Cc1ccc(S(=O)(=O)OC[C@@H]2O[C@@]3(CO)OC(C)(C)O[C@H]3[C@@H]2O)cc1. The molecule has 0 unspecified atom stereocenters. The highest BCUT2D eigenvalue weighted by atomic mass is 32.2. The van der Waals surface area contributed by atoms with Gasteiger partial charge in [-0.25, -0.2) is 0 Å². The Bertz CT molecular complexity index is 729. The molecular formula is C16H22O8S. The van der Waals surface area contributed by atoms with Crippen molar-refractivity contribution in [3.8, 4) is 0 Å². The molecule has 0 bridgehead atoms. The van der Waals surface area contributed by atoms with Crippen LogP contribution in [0.2, 0.25) is 0 Å². The van der Waals surface area contributed by atoms with E-state index in [0.717, 1.165) is 5.56 Å². The van der Waals surface area contributed by atoms with E-state index in [-0.39, 0.29) is 4.90 Å². The molecule has 2 aliphatic heterocycles. The second-order valence-corrected chi connectivity index (χ2v) is 8.32. The Hall–Kier alpha value is -1.07. The highest BCUT2D eigenvalue weighted by molar-refractivity contribution is 7.86. The molecule has 0 spiro atoms. The molecule has 0 aromatic heterocycles. The summed E-state index contributed by atoms with van der Waals surface area (Å²) in [7, 11) is -4.00. The molecular weight excluding hydrogens is 352 g/mol. The van der Waals surface area contributed by atoms with Crippen LogP contribution in [-0.2, 0) is 28.5 Å². The largest absolute Gasteiger partial charge is 0.391 e. The minimum atomic E-state index is -4.00. The summed E-state index contributed by atoms with van der Waals surface area (Å²) in [5, 5.41) is 20.0. The standard InChI is InChI=1S/C16H22O8S/c1-10-4-6-11(7-5-10)25(19,20)21-8-12-13(18)14-16(9-17,22-12)24-15(2,3)23-14/h4-7,12-14,17-18H,8-9H2,1-3H3/t12-,13+,14-,16-/m0/s1. The van der Waals surface area contributed by atoms with E-state index in [9.17, 15) is 18.6 Å². The zero-order valence-electron chi connectivity index (χ0n) is 14.2. The molecule has 1 aromatic rings. The topological polar surface area (TPSA) is 112 Å². The van der Waals surface area contributed by atoms with Crippen LogP contribution < -0.4 is 0 Å². The van der Waals surface area contributed by atoms with E-state index in [0.29, 0.717) is 0 Å². The lowest BCUT2D eigenvalue weighted by molar-refractivity contribution is -0.275. The van der Waals surface area contributed by atoms with Crippen LogP contribution in [0.4, 0.5) is 0 Å². The lowest BCUT2D eigenvalue weighted by Gasteiger charge is -2.26. The van der Waals surface area contributed by atoms with E-state index >= 15 is 0 Å². The summed E-state index contributed by atoms with van der Waals surface area (Å²) in [4.78, 5) is 0.0104. The number of fused-ring (bicyclic) bond motifs is 1. The summed E-state index contributed by atoms with van der Waals surface area (Å²) in [6.45, 7) is 4.13. The number of hydrogen-bond acceptors (Lipinski definition) is 8. The Morgan fingerprint density at radius 1 is 1.20 bits per heavy atom. The lowest BCUT2D eigenvalue weighted by atomic mass is 10.1. The number of aliphatic hydroxyl groups excluding tert-OH is 2. The predicted molar refractivity (Wildman–Crippen MR) is 85.1 cm³/mol. The van der Waals surface area contributed by atoms with E-state index in [1.165, 1.54) is 12.1 Å². The Kier molecular flexibility index (Phi) is 4.70. The highest BCUT2D eigenvalue weighted by Gasteiger charge is 2.64. The summed E-state index contributed by atoms with van der Waals surface area (Å²) in [6, 6.07) is 6.20. The van der Waals surface area contributed by atoms with Crippen LogP contribution >= 0.6 is 0 Å². The Morgan fingerprint density at radius 3 is 2.40 bits per heavy atom. The fourth-order valence-electron chi connectivity index (χ4n) is 3.06. The number of benzene rings is 1. The maximum Gasteiger partial charge on any atom is 0.297 e. The van der Waals surface area contributed by atoms with Gasteiger partial charge in [0.15, 0.2) is 5.79 Å². The van der Waals surface area contributed by atoms with Crippen molar-refractivity contribution in [2.75, 3.05) is 13.2 Å². The second kappa shape index (κ2) is 6.27. The van der Waals surface area contributed by atoms with Crippen molar-refractivity contribution in [1.82, 2.24) is 0 Å². The van der Waals surface area contributed by atoms with E-state index in [1.807, 2.05) is 6.92 Å². The van der Waals surface area contributed by atoms with Gasteiger partial charge in [0, 0.05) is 0 Å². The van der Waals surface area contributed by atoms with Crippen molar-refractivity contribution in [1.29, 1.82) is 0 Å². The maximum absolute atomic E-state index is 12.2. The number of ether oxygens (including phenoxy) is 3. The van der Waals surface area contributed by atoms with Crippen molar-refractivity contribution in [3.05, 3.63) is 29.8 Å². The fraction of sp³-hybridized carbons (Fsp3) is 0.625. The quantitative estimate of drug-likeness (QED) is 0.708. The summed E-state index contributed by atoms with van der Waals surface area (Å²) in [5.41, 5.74) is 0.920. The van der Waals surface area contributed by atoms with E-state index < -0.39 is 53.2 Å². The van der Waals surface area contributed by atoms with Gasteiger partial charge in [-0.05, 0) is 32.9 Å². The molecule has 1 aromatic carbocycles. The smallest absolute Gasteiger partial charge is 0.297 e. The lowest BCUT2D eigenvalue weighted by Crippen LogP contribution is -2.43. The second-order valence-electron chi connectivity index (χ2n) is 6.71. The normalized spacial score (nSPS) is 34.2. The molecule has 3 rings (SSSR count). The first-order valence-electron chi connectivity index (χ1n) is 7.89. The molecule has 140 valence electrons. The maximum atomic E-state index is 12.2. The molecule has 4 atom stereocenters. The molecule has 2 fully saturated rings. The molecule has 2 saturated heterocycles. The first kappa shape index (κ1) is 18.7. The van der Waals surface area contributed by atoms with Crippen molar-refractivity contribution in [2.45, 2.75) is 55.6 Å². The van der Waals surface area contributed by atoms with E-state index in [2.05, 4.69) is 0 Å². The molecule has 2 heterocycles. The average Bonchev–Trinajstić information content (AvgIpc) is 2.95. The van der Waals surface area contributed by atoms with Crippen molar-refractivity contribution in [3.63, 3.8) is 0 Å². The first-order chi connectivity index (χ1) is 11.6. The van der Waals surface area contributed by atoms with Gasteiger partial charge in [0.05, 0.1) is 11.5 Å². The van der Waals surface area contributed by atoms with Crippen molar-refractivity contribution >= 4 is 10.1 Å². The van der Waals surface area contributed by atoms with Crippen LogP contribution in [-0.4, -0.2) is 61.7 Å². The number of rotatable bonds is 5. The van der Waals surface area contributed by atoms with Gasteiger partial charge in [0.1, 0.15) is 24.9 Å². The first-order valence-corrected chi connectivity index (χ1v) is 9.30. The molecule has 0 saturated carbocycles. The fourth-order valence-corrected chi connectivity index (χ4v) is 3.98. The van der Waals surface area contributed by atoms with Crippen LogP contribution in [0.3, 0.4) is 0 Å². The van der Waals surface area contributed by atoms with Crippen molar-refractivity contribution < 1.29 is 37.0 Å². The van der Waals surface area contributed by atoms with Crippen LogP contribution in [0.25, 0.3) is 0 Å². The molecule has 2 N–H and O–H groups in total. The van der Waals surface area contributed by atoms with Gasteiger partial charge >= 0.3 is 0 Å². The third-order valence-corrected chi connectivity index (χ3v) is 5.52. The Labute approximate surface area is 146 Å².